The Labute approximate surface area is 190 Å². The minimum Gasteiger partial charge on any atom is -0.494 e. The number of allylic oxidation sites excluding steroid dienone is 4. The van der Waals surface area contributed by atoms with E-state index in [9.17, 15) is 9.59 Å². The van der Waals surface area contributed by atoms with Crippen molar-refractivity contribution in [3.8, 4) is 5.75 Å². The largest absolute Gasteiger partial charge is 0.494 e. The molecule has 0 radical (unpaired) electrons. The van der Waals surface area contributed by atoms with Crippen LogP contribution in [0.2, 0.25) is 0 Å². The molecule has 1 aliphatic rings. The number of ether oxygens (including phenoxy) is 4. The second-order valence-corrected chi connectivity index (χ2v) is 8.79. The lowest BCUT2D eigenvalue weighted by molar-refractivity contribution is -0.144. The summed E-state index contributed by atoms with van der Waals surface area (Å²) in [6.07, 6.45) is 6.13. The summed E-state index contributed by atoms with van der Waals surface area (Å²) < 4.78 is 21.1. The summed E-state index contributed by atoms with van der Waals surface area (Å²) in [6.45, 7) is 7.84. The minimum atomic E-state index is -0.263. The Balaban J connectivity index is 1.85. The molecule has 170 valence electrons. The third kappa shape index (κ3) is 8.32. The van der Waals surface area contributed by atoms with Crippen molar-refractivity contribution in [3.63, 3.8) is 0 Å². The van der Waals surface area contributed by atoms with Crippen LogP contribution in [0.25, 0.3) is 0 Å². The van der Waals surface area contributed by atoms with E-state index >= 15 is 0 Å². The maximum absolute atomic E-state index is 11.5. The van der Waals surface area contributed by atoms with Crippen LogP contribution in [0, 0.1) is 0 Å². The van der Waals surface area contributed by atoms with E-state index in [1.165, 1.54) is 11.1 Å². The Bertz CT molecular complexity index is 780. The van der Waals surface area contributed by atoms with Gasteiger partial charge in [-0.2, -0.15) is 12.6 Å². The minimum absolute atomic E-state index is 0.0128. The van der Waals surface area contributed by atoms with E-state index in [0.717, 1.165) is 24.4 Å². The zero-order valence-electron chi connectivity index (χ0n) is 18.5. The summed E-state index contributed by atoms with van der Waals surface area (Å²) in [5.41, 5.74) is 2.39. The monoisotopic (exact) mass is 448 g/mol. The molecule has 1 unspecified atom stereocenters. The molecule has 0 aromatic heterocycles. The fraction of sp³-hybridized carbons (Fsp3) is 0.500. The Morgan fingerprint density at radius 2 is 1.77 bits per heavy atom. The standard InChI is InChI=1S/C24H32O6S/c1-18(31)16-23(26)30-15-14-29-22-10-6-20(7-11-22)24(2,3)19-4-8-21(9-5-19)28-13-12-27-17-25/h4,6-8,10-11,17-18,31H,5,9,12-16H2,1-3H3. The van der Waals surface area contributed by atoms with Gasteiger partial charge in [-0.15, -0.1) is 0 Å². The molecule has 0 saturated carbocycles. The van der Waals surface area contributed by atoms with Crippen molar-refractivity contribution in [2.75, 3.05) is 26.4 Å². The van der Waals surface area contributed by atoms with Gasteiger partial charge in [-0.3, -0.25) is 9.59 Å². The van der Waals surface area contributed by atoms with Gasteiger partial charge in [-0.1, -0.05) is 44.6 Å². The van der Waals surface area contributed by atoms with E-state index < -0.39 is 0 Å². The summed E-state index contributed by atoms with van der Waals surface area (Å²) >= 11 is 4.17. The SMILES string of the molecule is CC(S)CC(=O)OCCOc1ccc(C(C)(C)C2=CC=C(OCCOC=O)CC2)cc1. The highest BCUT2D eigenvalue weighted by atomic mass is 32.1. The normalized spacial score (nSPS) is 14.7. The van der Waals surface area contributed by atoms with E-state index in [0.29, 0.717) is 26.1 Å². The van der Waals surface area contributed by atoms with Crippen LogP contribution < -0.4 is 4.74 Å². The van der Waals surface area contributed by atoms with Crippen LogP contribution >= 0.6 is 12.6 Å². The maximum Gasteiger partial charge on any atom is 0.307 e. The number of thiol groups is 1. The Kier molecular flexibility index (Phi) is 9.98. The highest BCUT2D eigenvalue weighted by molar-refractivity contribution is 7.80. The van der Waals surface area contributed by atoms with E-state index in [1.54, 1.807) is 0 Å². The Morgan fingerprint density at radius 3 is 2.39 bits per heavy atom. The van der Waals surface area contributed by atoms with Crippen molar-refractivity contribution in [1.82, 2.24) is 0 Å². The molecular weight excluding hydrogens is 416 g/mol. The average molecular weight is 449 g/mol. The summed E-state index contributed by atoms with van der Waals surface area (Å²) in [6, 6.07) is 8.01. The van der Waals surface area contributed by atoms with Crippen LogP contribution in [-0.2, 0) is 29.2 Å². The van der Waals surface area contributed by atoms with Crippen molar-refractivity contribution < 1.29 is 28.5 Å². The van der Waals surface area contributed by atoms with Crippen molar-refractivity contribution >= 4 is 25.1 Å². The molecule has 2 rings (SSSR count). The molecule has 0 bridgehead atoms. The first-order valence-corrected chi connectivity index (χ1v) is 11.0. The molecule has 6 nitrogen and oxygen atoms in total. The molecular formula is C24H32O6S. The van der Waals surface area contributed by atoms with Crippen LogP contribution in [0.3, 0.4) is 0 Å². The van der Waals surface area contributed by atoms with E-state index in [2.05, 4.69) is 49.4 Å². The van der Waals surface area contributed by atoms with Crippen molar-refractivity contribution in [2.45, 2.75) is 50.7 Å². The first-order chi connectivity index (χ1) is 14.8. The Morgan fingerprint density at radius 1 is 1.06 bits per heavy atom. The van der Waals surface area contributed by atoms with Gasteiger partial charge in [0.1, 0.15) is 32.2 Å². The molecule has 0 N–H and O–H groups in total. The van der Waals surface area contributed by atoms with Gasteiger partial charge in [0.05, 0.1) is 12.2 Å². The summed E-state index contributed by atoms with van der Waals surface area (Å²) in [4.78, 5) is 21.7. The number of carbonyl (C=O) groups is 2. The number of rotatable bonds is 13. The fourth-order valence-corrected chi connectivity index (χ4v) is 3.45. The van der Waals surface area contributed by atoms with Crippen molar-refractivity contribution in [3.05, 3.63) is 53.3 Å². The molecule has 1 atom stereocenters. The van der Waals surface area contributed by atoms with Crippen LogP contribution in [0.15, 0.2) is 47.7 Å². The summed E-state index contributed by atoms with van der Waals surface area (Å²) in [5.74, 6) is 1.38. The molecule has 0 heterocycles. The first kappa shape index (κ1) is 24.9. The lowest BCUT2D eigenvalue weighted by atomic mass is 9.74. The second kappa shape index (κ2) is 12.4. The molecule has 0 spiro atoms. The molecule has 0 fully saturated rings. The second-order valence-electron chi connectivity index (χ2n) is 7.91. The lowest BCUT2D eigenvalue weighted by Crippen LogP contribution is -2.22. The third-order valence-electron chi connectivity index (χ3n) is 5.12. The van der Waals surface area contributed by atoms with E-state index in [1.807, 2.05) is 25.1 Å². The van der Waals surface area contributed by atoms with Crippen LogP contribution in [-0.4, -0.2) is 44.1 Å². The third-order valence-corrected chi connectivity index (χ3v) is 5.31. The topological polar surface area (TPSA) is 71.1 Å². The molecule has 0 amide bonds. The van der Waals surface area contributed by atoms with Crippen molar-refractivity contribution in [1.29, 1.82) is 0 Å². The van der Waals surface area contributed by atoms with Crippen molar-refractivity contribution in [2.24, 2.45) is 0 Å². The number of hydrogen-bond donors (Lipinski definition) is 1. The molecule has 1 aromatic rings. The van der Waals surface area contributed by atoms with E-state index in [4.69, 9.17) is 14.2 Å². The Hall–Kier alpha value is -2.41. The molecule has 0 saturated heterocycles. The maximum atomic E-state index is 11.5. The van der Waals surface area contributed by atoms with Gasteiger partial charge in [-0.05, 0) is 30.2 Å². The van der Waals surface area contributed by atoms with Crippen LogP contribution in [0.4, 0.5) is 0 Å². The number of hydrogen-bond acceptors (Lipinski definition) is 7. The average Bonchev–Trinajstić information content (AvgIpc) is 2.74. The first-order valence-electron chi connectivity index (χ1n) is 10.5. The zero-order valence-corrected chi connectivity index (χ0v) is 19.4. The van der Waals surface area contributed by atoms with Gasteiger partial charge in [0.25, 0.3) is 6.47 Å². The zero-order chi connectivity index (χ0) is 22.7. The predicted molar refractivity (Wildman–Crippen MR) is 122 cm³/mol. The molecule has 1 aliphatic carbocycles. The van der Waals surface area contributed by atoms with Gasteiger partial charge >= 0.3 is 5.97 Å². The molecule has 1 aromatic carbocycles. The van der Waals surface area contributed by atoms with Crippen LogP contribution in [0.1, 0.15) is 45.6 Å². The highest BCUT2D eigenvalue weighted by Crippen LogP contribution is 2.37. The fourth-order valence-electron chi connectivity index (χ4n) is 3.30. The predicted octanol–water partition coefficient (Wildman–Crippen LogP) is 4.39. The number of carbonyl (C=O) groups excluding carboxylic acids is 2. The lowest BCUT2D eigenvalue weighted by Gasteiger charge is -2.31. The number of esters is 1. The van der Waals surface area contributed by atoms with Crippen LogP contribution in [0.5, 0.6) is 5.75 Å². The summed E-state index contributed by atoms with van der Waals surface area (Å²) in [7, 11) is 0. The number of benzene rings is 1. The van der Waals surface area contributed by atoms with E-state index in [-0.39, 0.29) is 29.8 Å². The summed E-state index contributed by atoms with van der Waals surface area (Å²) in [5, 5.41) is -0.0128. The van der Waals surface area contributed by atoms with Gasteiger partial charge < -0.3 is 18.9 Å². The smallest absolute Gasteiger partial charge is 0.307 e. The van der Waals surface area contributed by atoms with Gasteiger partial charge in [0.15, 0.2) is 0 Å². The van der Waals surface area contributed by atoms with Gasteiger partial charge in [-0.25, -0.2) is 0 Å². The van der Waals surface area contributed by atoms with Gasteiger partial charge in [0, 0.05) is 17.1 Å². The van der Waals surface area contributed by atoms with Gasteiger partial charge in [0.2, 0.25) is 0 Å². The molecule has 0 aliphatic heterocycles. The highest BCUT2D eigenvalue weighted by Gasteiger charge is 2.26. The quantitative estimate of drug-likeness (QED) is 0.209. The molecule has 31 heavy (non-hydrogen) atoms. The molecule has 7 heteroatoms.